The van der Waals surface area contributed by atoms with Crippen LogP contribution in [0.15, 0.2) is 42.5 Å². The number of carbonyl (C=O) groups excluding carboxylic acids is 1. The summed E-state index contributed by atoms with van der Waals surface area (Å²) in [5.41, 5.74) is 3.62. The third-order valence-corrected chi connectivity index (χ3v) is 5.02. The van der Waals surface area contributed by atoms with Crippen molar-refractivity contribution in [2.75, 3.05) is 11.9 Å². The van der Waals surface area contributed by atoms with Crippen molar-refractivity contribution < 1.29 is 9.53 Å². The van der Waals surface area contributed by atoms with Crippen LogP contribution in [0.25, 0.3) is 0 Å². The molecular weight excluding hydrogens is 409 g/mol. The second kappa shape index (κ2) is 9.33. The summed E-state index contributed by atoms with van der Waals surface area (Å²) in [6.07, 6.45) is 0.854. The number of aryl methyl sites for hydroxylation is 2. The number of ether oxygens (including phenoxy) is 1. The third-order valence-electron chi connectivity index (χ3n) is 4.40. The van der Waals surface area contributed by atoms with E-state index in [1.165, 1.54) is 5.56 Å². The van der Waals surface area contributed by atoms with Gasteiger partial charge in [0, 0.05) is 5.02 Å². The van der Waals surface area contributed by atoms with Gasteiger partial charge >= 0.3 is 0 Å². The van der Waals surface area contributed by atoms with Crippen molar-refractivity contribution in [3.05, 3.63) is 75.0 Å². The first-order chi connectivity index (χ1) is 13.9. The van der Waals surface area contributed by atoms with Crippen molar-refractivity contribution in [1.82, 2.24) is 9.78 Å². The number of benzene rings is 2. The molecule has 0 saturated heterocycles. The molecule has 2 aromatic carbocycles. The van der Waals surface area contributed by atoms with Gasteiger partial charge in [-0.1, -0.05) is 60.0 Å². The molecular formula is C22H23Cl2N3O2. The summed E-state index contributed by atoms with van der Waals surface area (Å²) in [5.74, 6) is 0.205. The van der Waals surface area contributed by atoms with E-state index in [1.807, 2.05) is 38.1 Å². The van der Waals surface area contributed by atoms with E-state index in [-0.39, 0.29) is 5.91 Å². The molecule has 1 N–H and O–H groups in total. The average Bonchev–Trinajstić information content (AvgIpc) is 2.96. The smallest absolute Gasteiger partial charge is 0.260 e. The van der Waals surface area contributed by atoms with Crippen LogP contribution in [-0.4, -0.2) is 22.3 Å². The molecule has 5 nitrogen and oxygen atoms in total. The first kappa shape index (κ1) is 21.2. The highest BCUT2D eigenvalue weighted by Crippen LogP contribution is 2.30. The summed E-state index contributed by atoms with van der Waals surface area (Å²) in [7, 11) is 0. The maximum atomic E-state index is 13.0. The Morgan fingerprint density at radius 1 is 1.14 bits per heavy atom. The number of halogens is 2. The molecule has 0 aliphatic rings. The van der Waals surface area contributed by atoms with Crippen molar-refractivity contribution in [3.63, 3.8) is 0 Å². The minimum atomic E-state index is -0.355. The predicted molar refractivity (Wildman–Crippen MR) is 117 cm³/mol. The molecule has 1 aromatic heterocycles. The molecule has 3 rings (SSSR count). The molecule has 0 aliphatic heterocycles. The maximum Gasteiger partial charge on any atom is 0.260 e. The van der Waals surface area contributed by atoms with Crippen LogP contribution in [0.1, 0.15) is 40.5 Å². The molecule has 1 heterocycles. The van der Waals surface area contributed by atoms with Crippen LogP contribution >= 0.6 is 23.2 Å². The number of amides is 1. The number of aromatic nitrogens is 2. The van der Waals surface area contributed by atoms with Gasteiger partial charge in [-0.15, -0.1) is 0 Å². The molecule has 29 heavy (non-hydrogen) atoms. The Morgan fingerprint density at radius 2 is 1.86 bits per heavy atom. The molecule has 0 bridgehead atoms. The number of hydrogen-bond acceptors (Lipinski definition) is 3. The van der Waals surface area contributed by atoms with E-state index < -0.39 is 0 Å². The van der Waals surface area contributed by atoms with Crippen LogP contribution in [0.4, 0.5) is 5.69 Å². The first-order valence-electron chi connectivity index (χ1n) is 9.41. The summed E-state index contributed by atoms with van der Waals surface area (Å²) in [6.45, 7) is 6.83. The lowest BCUT2D eigenvalue weighted by Crippen LogP contribution is -2.14. The van der Waals surface area contributed by atoms with Crippen LogP contribution < -0.4 is 10.1 Å². The van der Waals surface area contributed by atoms with Crippen molar-refractivity contribution >= 4 is 34.8 Å². The topological polar surface area (TPSA) is 56.1 Å². The monoisotopic (exact) mass is 431 g/mol. The highest BCUT2D eigenvalue weighted by molar-refractivity contribution is 6.34. The Balaban J connectivity index is 1.84. The van der Waals surface area contributed by atoms with Crippen molar-refractivity contribution in [3.8, 4) is 5.75 Å². The SMILES string of the molecule is CCCOc1ccc(Cl)cc1NC(=O)c1c(C)nn(Cc2ccc(C)cc2)c1Cl. The van der Waals surface area contributed by atoms with E-state index in [1.54, 1.807) is 29.8 Å². The van der Waals surface area contributed by atoms with Crippen molar-refractivity contribution in [1.29, 1.82) is 0 Å². The highest BCUT2D eigenvalue weighted by atomic mass is 35.5. The first-order valence-corrected chi connectivity index (χ1v) is 10.2. The lowest BCUT2D eigenvalue weighted by molar-refractivity contribution is 0.102. The second-order valence-corrected chi connectivity index (χ2v) is 7.63. The maximum absolute atomic E-state index is 13.0. The number of anilines is 1. The molecule has 0 aliphatic carbocycles. The van der Waals surface area contributed by atoms with E-state index in [4.69, 9.17) is 27.9 Å². The number of hydrogen-bond donors (Lipinski definition) is 1. The zero-order valence-corrected chi connectivity index (χ0v) is 18.1. The van der Waals surface area contributed by atoms with Gasteiger partial charge in [-0.25, -0.2) is 4.68 Å². The summed E-state index contributed by atoms with van der Waals surface area (Å²) in [6, 6.07) is 13.2. The molecule has 7 heteroatoms. The Labute approximate surface area is 180 Å². The zero-order chi connectivity index (χ0) is 21.0. The van der Waals surface area contributed by atoms with Crippen LogP contribution in [0.5, 0.6) is 5.75 Å². The molecule has 0 radical (unpaired) electrons. The fraction of sp³-hybridized carbons (Fsp3) is 0.273. The largest absolute Gasteiger partial charge is 0.491 e. The van der Waals surface area contributed by atoms with Gasteiger partial charge in [-0.05, 0) is 44.0 Å². The standard InChI is InChI=1S/C22H23Cl2N3O2/c1-4-11-29-19-10-9-17(23)12-18(19)25-22(28)20-15(3)26-27(21(20)24)13-16-7-5-14(2)6-8-16/h5-10,12H,4,11,13H2,1-3H3,(H,25,28). The lowest BCUT2D eigenvalue weighted by atomic mass is 10.1. The predicted octanol–water partition coefficient (Wildman–Crippen LogP) is 5.90. The Bertz CT molecular complexity index is 1010. The van der Waals surface area contributed by atoms with E-state index in [2.05, 4.69) is 10.4 Å². The summed E-state index contributed by atoms with van der Waals surface area (Å²) in [5, 5.41) is 8.10. The second-order valence-electron chi connectivity index (χ2n) is 6.84. The fourth-order valence-corrected chi connectivity index (χ4v) is 3.40. The van der Waals surface area contributed by atoms with Gasteiger partial charge in [0.25, 0.3) is 5.91 Å². The number of nitrogens with one attached hydrogen (secondary N) is 1. The van der Waals surface area contributed by atoms with E-state index in [0.717, 1.165) is 12.0 Å². The van der Waals surface area contributed by atoms with E-state index in [9.17, 15) is 4.79 Å². The summed E-state index contributed by atoms with van der Waals surface area (Å²) >= 11 is 12.6. The molecule has 0 spiro atoms. The number of carbonyl (C=O) groups is 1. The molecule has 0 unspecified atom stereocenters. The number of nitrogens with zero attached hydrogens (tertiary/aromatic N) is 2. The van der Waals surface area contributed by atoms with Gasteiger partial charge in [0.2, 0.25) is 0 Å². The van der Waals surface area contributed by atoms with Gasteiger partial charge in [-0.2, -0.15) is 5.10 Å². The van der Waals surface area contributed by atoms with Crippen molar-refractivity contribution in [2.24, 2.45) is 0 Å². The Kier molecular flexibility index (Phi) is 6.83. The Morgan fingerprint density at radius 3 is 2.55 bits per heavy atom. The lowest BCUT2D eigenvalue weighted by Gasteiger charge is -2.12. The van der Waals surface area contributed by atoms with Gasteiger partial charge in [0.1, 0.15) is 10.9 Å². The van der Waals surface area contributed by atoms with Crippen LogP contribution in [0, 0.1) is 13.8 Å². The van der Waals surface area contributed by atoms with E-state index in [0.29, 0.717) is 46.0 Å². The number of rotatable bonds is 7. The molecule has 0 fully saturated rings. The van der Waals surface area contributed by atoms with E-state index >= 15 is 0 Å². The zero-order valence-electron chi connectivity index (χ0n) is 16.6. The average molecular weight is 432 g/mol. The summed E-state index contributed by atoms with van der Waals surface area (Å²) < 4.78 is 7.33. The van der Waals surface area contributed by atoms with Gasteiger partial charge in [-0.3, -0.25) is 4.79 Å². The fourth-order valence-electron chi connectivity index (χ4n) is 2.91. The molecule has 3 aromatic rings. The molecule has 1 amide bonds. The van der Waals surface area contributed by atoms with Crippen LogP contribution in [0.2, 0.25) is 10.2 Å². The molecule has 152 valence electrons. The van der Waals surface area contributed by atoms with Gasteiger partial charge in [0.05, 0.1) is 30.1 Å². The quantitative estimate of drug-likeness (QED) is 0.506. The minimum absolute atomic E-state index is 0.290. The summed E-state index contributed by atoms with van der Waals surface area (Å²) in [4.78, 5) is 13.0. The van der Waals surface area contributed by atoms with Crippen LogP contribution in [0.3, 0.4) is 0 Å². The Hall–Kier alpha value is -2.50. The third kappa shape index (κ3) is 5.11. The van der Waals surface area contributed by atoms with Crippen LogP contribution in [-0.2, 0) is 6.54 Å². The molecule has 0 atom stereocenters. The highest BCUT2D eigenvalue weighted by Gasteiger charge is 2.21. The molecule has 0 saturated carbocycles. The minimum Gasteiger partial charge on any atom is -0.491 e. The van der Waals surface area contributed by atoms with Gasteiger partial charge in [0.15, 0.2) is 0 Å². The van der Waals surface area contributed by atoms with Gasteiger partial charge < -0.3 is 10.1 Å². The normalized spacial score (nSPS) is 10.8. The van der Waals surface area contributed by atoms with Crippen molar-refractivity contribution in [2.45, 2.75) is 33.7 Å².